The number of amides is 3. The van der Waals surface area contributed by atoms with Crippen molar-refractivity contribution in [2.75, 3.05) is 11.9 Å². The average Bonchev–Trinajstić information content (AvgIpc) is 3.23. The van der Waals surface area contributed by atoms with Crippen LogP contribution in [-0.4, -0.2) is 30.3 Å². The molecule has 1 aliphatic carbocycles. The molecule has 1 aliphatic rings. The lowest BCUT2D eigenvalue weighted by atomic mass is 10.1. The number of hydrogen-bond acceptors (Lipinski definition) is 3. The molecule has 0 radical (unpaired) electrons. The van der Waals surface area contributed by atoms with E-state index in [0.717, 1.165) is 12.8 Å². The number of anilines is 1. The third-order valence-corrected chi connectivity index (χ3v) is 2.88. The number of benzene rings is 1. The van der Waals surface area contributed by atoms with Crippen molar-refractivity contribution >= 4 is 23.4 Å². The molecule has 0 atom stereocenters. The zero-order chi connectivity index (χ0) is 14.5. The molecular formula is C14H17N3O3. The number of nitrogens with one attached hydrogen (secondary N) is 3. The second kappa shape index (κ2) is 6.18. The van der Waals surface area contributed by atoms with Gasteiger partial charge in [0.15, 0.2) is 0 Å². The van der Waals surface area contributed by atoms with Gasteiger partial charge in [0, 0.05) is 12.6 Å². The summed E-state index contributed by atoms with van der Waals surface area (Å²) in [7, 11) is 0. The van der Waals surface area contributed by atoms with Crippen molar-refractivity contribution in [2.45, 2.75) is 25.8 Å². The molecule has 2 rings (SSSR count). The third-order valence-electron chi connectivity index (χ3n) is 2.88. The molecule has 3 N–H and O–H groups in total. The van der Waals surface area contributed by atoms with Gasteiger partial charge in [0.05, 0.1) is 11.3 Å². The highest BCUT2D eigenvalue weighted by molar-refractivity contribution is 6.40. The van der Waals surface area contributed by atoms with Gasteiger partial charge in [0.25, 0.3) is 5.91 Å². The van der Waals surface area contributed by atoms with Crippen molar-refractivity contribution in [1.29, 1.82) is 0 Å². The van der Waals surface area contributed by atoms with Gasteiger partial charge in [0.1, 0.15) is 0 Å². The van der Waals surface area contributed by atoms with Gasteiger partial charge in [-0.2, -0.15) is 0 Å². The SMILES string of the molecule is CCNC(=O)C(=O)Nc1ccccc1C(=O)NC1CC1. The Hall–Kier alpha value is -2.37. The zero-order valence-electron chi connectivity index (χ0n) is 11.2. The quantitative estimate of drug-likeness (QED) is 0.705. The predicted octanol–water partition coefficient (Wildman–Crippen LogP) is 0.653. The zero-order valence-corrected chi connectivity index (χ0v) is 11.2. The second-order valence-corrected chi connectivity index (χ2v) is 4.61. The molecule has 6 heteroatoms. The molecule has 3 amide bonds. The molecule has 0 spiro atoms. The monoisotopic (exact) mass is 275 g/mol. The molecule has 1 aromatic carbocycles. The Morgan fingerprint density at radius 2 is 1.85 bits per heavy atom. The van der Waals surface area contributed by atoms with Crippen LogP contribution in [0.25, 0.3) is 0 Å². The Bertz CT molecular complexity index is 538. The van der Waals surface area contributed by atoms with Crippen molar-refractivity contribution < 1.29 is 14.4 Å². The van der Waals surface area contributed by atoms with Gasteiger partial charge in [-0.3, -0.25) is 14.4 Å². The van der Waals surface area contributed by atoms with E-state index in [2.05, 4.69) is 16.0 Å². The van der Waals surface area contributed by atoms with E-state index in [-0.39, 0.29) is 11.9 Å². The first-order valence-corrected chi connectivity index (χ1v) is 6.61. The van der Waals surface area contributed by atoms with Crippen molar-refractivity contribution in [3.05, 3.63) is 29.8 Å². The number of carbonyl (C=O) groups excluding carboxylic acids is 3. The lowest BCUT2D eigenvalue weighted by Crippen LogP contribution is -2.36. The molecule has 0 heterocycles. The van der Waals surface area contributed by atoms with Crippen LogP contribution >= 0.6 is 0 Å². The summed E-state index contributed by atoms with van der Waals surface area (Å²) in [6.07, 6.45) is 1.97. The Kier molecular flexibility index (Phi) is 4.34. The first kappa shape index (κ1) is 14.0. The smallest absolute Gasteiger partial charge is 0.313 e. The summed E-state index contributed by atoms with van der Waals surface area (Å²) in [5.41, 5.74) is 0.693. The van der Waals surface area contributed by atoms with Crippen molar-refractivity contribution in [1.82, 2.24) is 10.6 Å². The summed E-state index contributed by atoms with van der Waals surface area (Å²) in [6, 6.07) is 6.85. The third kappa shape index (κ3) is 3.57. The Balaban J connectivity index is 2.08. The molecule has 20 heavy (non-hydrogen) atoms. The Morgan fingerprint density at radius 1 is 1.15 bits per heavy atom. The van der Waals surface area contributed by atoms with E-state index in [0.29, 0.717) is 17.8 Å². The molecule has 6 nitrogen and oxygen atoms in total. The number of carbonyl (C=O) groups is 3. The molecular weight excluding hydrogens is 258 g/mol. The highest BCUT2D eigenvalue weighted by Crippen LogP contribution is 2.21. The average molecular weight is 275 g/mol. The van der Waals surface area contributed by atoms with Crippen molar-refractivity contribution in [3.63, 3.8) is 0 Å². The van der Waals surface area contributed by atoms with Gasteiger partial charge >= 0.3 is 11.8 Å². The molecule has 0 aliphatic heterocycles. The normalized spacial score (nSPS) is 13.4. The maximum atomic E-state index is 12.0. The van der Waals surface area contributed by atoms with Crippen LogP contribution in [0.4, 0.5) is 5.69 Å². The molecule has 106 valence electrons. The van der Waals surface area contributed by atoms with Gasteiger partial charge in [-0.1, -0.05) is 12.1 Å². The summed E-state index contributed by atoms with van der Waals surface area (Å²) in [5, 5.41) is 7.71. The summed E-state index contributed by atoms with van der Waals surface area (Å²) in [4.78, 5) is 35.1. The van der Waals surface area contributed by atoms with Crippen molar-refractivity contribution in [3.8, 4) is 0 Å². The van der Waals surface area contributed by atoms with Crippen LogP contribution in [0.15, 0.2) is 24.3 Å². The number of likely N-dealkylation sites (N-methyl/N-ethyl adjacent to an activating group) is 1. The van der Waals surface area contributed by atoms with E-state index in [1.54, 1.807) is 31.2 Å². The molecule has 0 bridgehead atoms. The van der Waals surface area contributed by atoms with E-state index in [1.807, 2.05) is 0 Å². The van der Waals surface area contributed by atoms with Gasteiger partial charge in [0.2, 0.25) is 0 Å². The van der Waals surface area contributed by atoms with Gasteiger partial charge in [-0.25, -0.2) is 0 Å². The fourth-order valence-corrected chi connectivity index (χ4v) is 1.70. The van der Waals surface area contributed by atoms with E-state index in [9.17, 15) is 14.4 Å². The Morgan fingerprint density at radius 3 is 2.50 bits per heavy atom. The van der Waals surface area contributed by atoms with E-state index >= 15 is 0 Å². The lowest BCUT2D eigenvalue weighted by molar-refractivity contribution is -0.136. The number of rotatable bonds is 4. The predicted molar refractivity (Wildman–Crippen MR) is 74.2 cm³/mol. The molecule has 1 aromatic rings. The highest BCUT2D eigenvalue weighted by Gasteiger charge is 2.25. The highest BCUT2D eigenvalue weighted by atomic mass is 16.2. The summed E-state index contributed by atoms with van der Waals surface area (Å²) < 4.78 is 0. The maximum Gasteiger partial charge on any atom is 0.313 e. The van der Waals surface area contributed by atoms with Crippen LogP contribution < -0.4 is 16.0 Å². The first-order chi connectivity index (χ1) is 9.61. The van der Waals surface area contributed by atoms with Crippen LogP contribution in [0.2, 0.25) is 0 Å². The molecule has 1 fully saturated rings. The molecule has 1 saturated carbocycles. The van der Waals surface area contributed by atoms with E-state index in [4.69, 9.17) is 0 Å². The van der Waals surface area contributed by atoms with E-state index < -0.39 is 11.8 Å². The molecule has 0 saturated heterocycles. The number of para-hydroxylation sites is 1. The fraction of sp³-hybridized carbons (Fsp3) is 0.357. The molecule has 0 unspecified atom stereocenters. The first-order valence-electron chi connectivity index (χ1n) is 6.61. The van der Waals surface area contributed by atoms with Gasteiger partial charge in [-0.15, -0.1) is 0 Å². The minimum absolute atomic E-state index is 0.231. The standard InChI is InChI=1S/C14H17N3O3/c1-2-15-13(19)14(20)17-11-6-4-3-5-10(11)12(18)16-9-7-8-9/h3-6,9H,2,7-8H2,1H3,(H,15,19)(H,16,18)(H,17,20). The van der Waals surface area contributed by atoms with Gasteiger partial charge in [-0.05, 0) is 31.9 Å². The minimum Gasteiger partial charge on any atom is -0.349 e. The van der Waals surface area contributed by atoms with Crippen LogP contribution in [0, 0.1) is 0 Å². The number of hydrogen-bond donors (Lipinski definition) is 3. The summed E-state index contributed by atoms with van der Waals surface area (Å²) in [5.74, 6) is -1.73. The Labute approximate surface area is 116 Å². The van der Waals surface area contributed by atoms with E-state index in [1.165, 1.54) is 0 Å². The van der Waals surface area contributed by atoms with Crippen LogP contribution in [0.5, 0.6) is 0 Å². The van der Waals surface area contributed by atoms with Crippen LogP contribution in [0.1, 0.15) is 30.1 Å². The lowest BCUT2D eigenvalue weighted by Gasteiger charge is -2.10. The summed E-state index contributed by atoms with van der Waals surface area (Å²) in [6.45, 7) is 2.10. The van der Waals surface area contributed by atoms with Crippen LogP contribution in [-0.2, 0) is 9.59 Å². The van der Waals surface area contributed by atoms with Crippen LogP contribution in [0.3, 0.4) is 0 Å². The maximum absolute atomic E-state index is 12.0. The minimum atomic E-state index is -0.779. The van der Waals surface area contributed by atoms with Gasteiger partial charge < -0.3 is 16.0 Å². The fourth-order valence-electron chi connectivity index (χ4n) is 1.70. The molecule has 0 aromatic heterocycles. The second-order valence-electron chi connectivity index (χ2n) is 4.61. The summed E-state index contributed by atoms with van der Waals surface area (Å²) >= 11 is 0. The topological polar surface area (TPSA) is 87.3 Å². The largest absolute Gasteiger partial charge is 0.349 e. The van der Waals surface area contributed by atoms with Crippen molar-refractivity contribution in [2.24, 2.45) is 0 Å².